The van der Waals surface area contributed by atoms with E-state index in [2.05, 4.69) is 32.4 Å². The van der Waals surface area contributed by atoms with Crippen molar-refractivity contribution < 1.29 is 94.6 Å². The molecule has 12 atom stereocenters. The molecule has 3 aromatic rings. The largest absolute Gasteiger partial charge is 0.490 e. The van der Waals surface area contributed by atoms with Crippen molar-refractivity contribution in [1.29, 1.82) is 0 Å². The fourth-order valence-corrected chi connectivity index (χ4v) is 10.4. The standard InChI is InChI=1S/C27H37N5O23P4/c33-19-9-11-32(27(39)29-19)25-23(37)21(35)17(52-25)14-50-57(42,43)54-59(46,47)55-58(44,45)53-56(40,41)49-13-16-20(34)22(36)24(51-16)31-10-8-18(28-26(31)38)30-48-12-4-7-15-5-2-1-3-6-15/h1-3,5-6,8-11,16-17,20-25,34-37H,4,7,12-14H2,(H,40,41)(H,42,43)(H,44,45)(H,46,47)(H,28,30,38)(H,29,33,39)/t16-,17-,20-,21-,22-,23-,24-,25-/m1/s1. The lowest BCUT2D eigenvalue weighted by Gasteiger charge is -2.21. The highest BCUT2D eigenvalue weighted by molar-refractivity contribution is 7.69. The highest BCUT2D eigenvalue weighted by Crippen LogP contribution is 2.71. The smallest absolute Gasteiger partial charge is 0.387 e. The number of aryl methyl sites for hydroxylation is 1. The summed E-state index contributed by atoms with van der Waals surface area (Å²) in [6.07, 6.45) is -11.0. The molecule has 0 saturated carbocycles. The Balaban J connectivity index is 1.08. The summed E-state index contributed by atoms with van der Waals surface area (Å²) in [6.45, 7) is -2.15. The first-order chi connectivity index (χ1) is 27.6. The van der Waals surface area contributed by atoms with Gasteiger partial charge in [0.15, 0.2) is 18.3 Å². The summed E-state index contributed by atoms with van der Waals surface area (Å²) in [7, 11) is -24.2. The molecule has 0 aliphatic carbocycles. The molecule has 32 heteroatoms. The quantitative estimate of drug-likeness (QED) is 0.0350. The number of aromatic nitrogens is 4. The van der Waals surface area contributed by atoms with Crippen LogP contribution in [0.1, 0.15) is 24.4 Å². The number of aliphatic hydroxyl groups is 4. The lowest BCUT2D eigenvalue weighted by Crippen LogP contribution is -2.37. The molecule has 328 valence electrons. The van der Waals surface area contributed by atoms with Crippen LogP contribution in [0.15, 0.2) is 69.2 Å². The van der Waals surface area contributed by atoms with Crippen LogP contribution in [-0.2, 0) is 61.0 Å². The molecule has 2 saturated heterocycles. The van der Waals surface area contributed by atoms with Gasteiger partial charge in [-0.1, -0.05) is 30.3 Å². The minimum atomic E-state index is -6.26. The summed E-state index contributed by atoms with van der Waals surface area (Å²) in [5.74, 6) is -0.0161. The lowest BCUT2D eigenvalue weighted by molar-refractivity contribution is -0.0543. The van der Waals surface area contributed by atoms with E-state index in [1.165, 1.54) is 6.07 Å². The average molecular weight is 924 g/mol. The monoisotopic (exact) mass is 923 g/mol. The predicted octanol–water partition coefficient (Wildman–Crippen LogP) is -1.51. The van der Waals surface area contributed by atoms with Crippen LogP contribution < -0.4 is 22.4 Å². The van der Waals surface area contributed by atoms with Gasteiger partial charge in [-0.3, -0.25) is 32.8 Å². The van der Waals surface area contributed by atoms with E-state index in [1.54, 1.807) is 0 Å². The Kier molecular flexibility index (Phi) is 15.3. The van der Waals surface area contributed by atoms with E-state index in [1.807, 2.05) is 35.3 Å². The zero-order chi connectivity index (χ0) is 43.3. The van der Waals surface area contributed by atoms with Gasteiger partial charge in [0.1, 0.15) is 36.6 Å². The number of phosphoric acid groups is 4. The Morgan fingerprint density at radius 2 is 1.20 bits per heavy atom. The number of nitrogens with zero attached hydrogens (tertiary/aromatic N) is 3. The van der Waals surface area contributed by atoms with Gasteiger partial charge in [-0.15, -0.1) is 0 Å². The summed E-state index contributed by atoms with van der Waals surface area (Å²) in [5, 5.41) is 41.4. The van der Waals surface area contributed by atoms with E-state index in [0.717, 1.165) is 35.0 Å². The van der Waals surface area contributed by atoms with Gasteiger partial charge in [-0.2, -0.15) is 17.9 Å². The highest BCUT2D eigenvalue weighted by atomic mass is 31.3. The number of hydrogen-bond donors (Lipinski definition) is 10. The van der Waals surface area contributed by atoms with Crippen LogP contribution in [0.3, 0.4) is 0 Å². The van der Waals surface area contributed by atoms with Crippen LogP contribution in [0.4, 0.5) is 5.82 Å². The minimum absolute atomic E-state index is 0.0161. The summed E-state index contributed by atoms with van der Waals surface area (Å²) in [5.41, 5.74) is 0.707. The van der Waals surface area contributed by atoms with Gasteiger partial charge in [-0.05, 0) is 24.5 Å². The molecule has 2 aromatic heterocycles. The molecule has 2 aliphatic rings. The van der Waals surface area contributed by atoms with Gasteiger partial charge in [0.05, 0.1) is 19.8 Å². The van der Waals surface area contributed by atoms with E-state index in [0.29, 0.717) is 11.0 Å². The van der Waals surface area contributed by atoms with Crippen LogP contribution in [0.5, 0.6) is 0 Å². The lowest BCUT2D eigenvalue weighted by atomic mass is 10.1. The second-order valence-corrected chi connectivity index (χ2v) is 18.6. The van der Waals surface area contributed by atoms with Crippen molar-refractivity contribution in [1.82, 2.24) is 19.1 Å². The number of rotatable bonds is 20. The van der Waals surface area contributed by atoms with E-state index < -0.39 is 111 Å². The Morgan fingerprint density at radius 1 is 0.695 bits per heavy atom. The zero-order valence-electron chi connectivity index (χ0n) is 29.7. The summed E-state index contributed by atoms with van der Waals surface area (Å²) >= 11 is 0. The maximum absolute atomic E-state index is 12.7. The summed E-state index contributed by atoms with van der Waals surface area (Å²) in [4.78, 5) is 86.4. The predicted molar refractivity (Wildman–Crippen MR) is 190 cm³/mol. The minimum Gasteiger partial charge on any atom is -0.387 e. The first-order valence-electron chi connectivity index (χ1n) is 16.7. The third-order valence-corrected chi connectivity index (χ3v) is 14.0. The number of anilines is 1. The van der Waals surface area contributed by atoms with E-state index in [-0.39, 0.29) is 12.4 Å². The van der Waals surface area contributed by atoms with Crippen LogP contribution >= 0.6 is 31.3 Å². The van der Waals surface area contributed by atoms with Crippen LogP contribution in [0.25, 0.3) is 0 Å². The molecule has 28 nitrogen and oxygen atoms in total. The van der Waals surface area contributed by atoms with Gasteiger partial charge < -0.3 is 49.5 Å². The van der Waals surface area contributed by atoms with Crippen molar-refractivity contribution in [3.05, 3.63) is 91.7 Å². The fraction of sp³-hybridized carbons (Fsp3) is 0.481. The van der Waals surface area contributed by atoms with Crippen molar-refractivity contribution >= 4 is 37.1 Å². The maximum atomic E-state index is 12.7. The molecule has 0 radical (unpaired) electrons. The summed E-state index contributed by atoms with van der Waals surface area (Å²) in [6, 6.07) is 11.7. The molecule has 0 spiro atoms. The van der Waals surface area contributed by atoms with Gasteiger partial charge in [0, 0.05) is 18.5 Å². The molecule has 2 fully saturated rings. The maximum Gasteiger partial charge on any atom is 0.490 e. The van der Waals surface area contributed by atoms with Crippen molar-refractivity contribution in [2.24, 2.45) is 0 Å². The zero-order valence-corrected chi connectivity index (χ0v) is 33.3. The Hall–Kier alpha value is -3.14. The first-order valence-corrected chi connectivity index (χ1v) is 22.6. The molecule has 10 N–H and O–H groups in total. The Labute approximate surface area is 329 Å². The van der Waals surface area contributed by atoms with Gasteiger partial charge >= 0.3 is 42.7 Å². The topological polar surface area (TPSA) is 406 Å². The van der Waals surface area contributed by atoms with E-state index in [9.17, 15) is 72.6 Å². The molecule has 1 aromatic carbocycles. The number of H-pyrrole nitrogens is 1. The molecule has 0 bridgehead atoms. The van der Waals surface area contributed by atoms with Crippen molar-refractivity contribution in [3.63, 3.8) is 0 Å². The second-order valence-electron chi connectivity index (χ2n) is 12.4. The second kappa shape index (κ2) is 19.3. The van der Waals surface area contributed by atoms with Gasteiger partial charge in [0.25, 0.3) is 5.56 Å². The van der Waals surface area contributed by atoms with Gasteiger partial charge in [0.2, 0.25) is 0 Å². The van der Waals surface area contributed by atoms with E-state index in [4.69, 9.17) is 14.3 Å². The van der Waals surface area contributed by atoms with Crippen LogP contribution in [0, 0.1) is 0 Å². The van der Waals surface area contributed by atoms with Crippen molar-refractivity contribution in [3.8, 4) is 0 Å². The normalized spacial score (nSPS) is 28.6. The fourth-order valence-electron chi connectivity index (χ4n) is 5.41. The van der Waals surface area contributed by atoms with Gasteiger partial charge in [-0.25, -0.2) is 33.3 Å². The summed E-state index contributed by atoms with van der Waals surface area (Å²) < 4.78 is 81.8. The molecule has 4 heterocycles. The number of phosphoric ester groups is 2. The van der Waals surface area contributed by atoms with Crippen LogP contribution in [0.2, 0.25) is 0 Å². The molecule has 2 aliphatic heterocycles. The highest BCUT2D eigenvalue weighted by Gasteiger charge is 2.50. The number of nitrogens with one attached hydrogen (secondary N) is 2. The molecular weight excluding hydrogens is 886 g/mol. The number of benzene rings is 1. The number of aliphatic hydroxyl groups excluding tert-OH is 4. The molecule has 4 unspecified atom stereocenters. The molecular formula is C27H37N5O23P4. The number of hydrogen-bond acceptors (Lipinski definition) is 21. The van der Waals surface area contributed by atoms with Crippen LogP contribution in [-0.4, -0.2) is 116 Å². The third kappa shape index (κ3) is 12.9. The van der Waals surface area contributed by atoms with Crippen molar-refractivity contribution in [2.75, 3.05) is 25.3 Å². The molecule has 5 rings (SSSR count). The average Bonchev–Trinajstić information content (AvgIpc) is 3.57. The molecule has 59 heavy (non-hydrogen) atoms. The molecule has 0 amide bonds. The number of aromatic amines is 1. The first kappa shape index (κ1) is 46.9. The van der Waals surface area contributed by atoms with E-state index >= 15 is 0 Å². The third-order valence-electron chi connectivity index (χ3n) is 8.06. The Morgan fingerprint density at radius 3 is 1.73 bits per heavy atom. The SMILES string of the molecule is O=c1ccn([C@@H]2O[C@H](COP(=O)(O)OP(=O)(O)OP(=O)(O)OP(=O)(O)OC[C@H]3O[C@@H](n4ccc(NOCCCc5ccccc5)nc4=O)[C@H](O)[C@@H]3O)[C@@H](O)[C@H]2O)c(=O)[nH]1. The Bertz CT molecular complexity index is 2300. The number of ether oxygens (including phenoxy) is 2. The van der Waals surface area contributed by atoms with Crippen molar-refractivity contribution in [2.45, 2.75) is 61.9 Å².